The molecule has 1 heterocycles. The van der Waals surface area contributed by atoms with Gasteiger partial charge < -0.3 is 11.1 Å². The monoisotopic (exact) mass is 248 g/mol. The van der Waals surface area contributed by atoms with Gasteiger partial charge in [-0.3, -0.25) is 4.79 Å². The number of hydrogen-bond donors (Lipinski definition) is 2. The van der Waals surface area contributed by atoms with Crippen LogP contribution in [0.2, 0.25) is 0 Å². The lowest BCUT2D eigenvalue weighted by Crippen LogP contribution is -2.40. The van der Waals surface area contributed by atoms with E-state index in [4.69, 9.17) is 5.73 Å². The Bertz CT molecular complexity index is 340. The normalized spacial score (nSPS) is 25.2. The molecule has 0 aromatic rings. The van der Waals surface area contributed by atoms with Crippen molar-refractivity contribution in [2.24, 2.45) is 11.7 Å². The predicted molar refractivity (Wildman–Crippen MR) is 62.7 cm³/mol. The Balaban J connectivity index is 2.31. The Morgan fingerprint density at radius 3 is 2.75 bits per heavy atom. The lowest BCUT2D eigenvalue weighted by atomic mass is 10.1. The summed E-state index contributed by atoms with van der Waals surface area (Å²) in [5, 5.41) is 2.72. The number of carbonyl (C=O) groups excluding carboxylic acids is 1. The number of nitrogens with one attached hydrogen (secondary N) is 1. The van der Waals surface area contributed by atoms with Crippen molar-refractivity contribution in [3.8, 4) is 0 Å². The summed E-state index contributed by atoms with van der Waals surface area (Å²) in [6, 6.07) is -0.0352. The molecule has 1 fully saturated rings. The Morgan fingerprint density at radius 1 is 1.56 bits per heavy atom. The third kappa shape index (κ3) is 4.09. The van der Waals surface area contributed by atoms with Crippen LogP contribution in [0.15, 0.2) is 0 Å². The smallest absolute Gasteiger partial charge is 0.224 e. The van der Waals surface area contributed by atoms with Gasteiger partial charge in [0.25, 0.3) is 0 Å². The molecular formula is C10H20N2O3S. The quantitative estimate of drug-likeness (QED) is 0.697. The van der Waals surface area contributed by atoms with Crippen LogP contribution in [0.1, 0.15) is 26.2 Å². The van der Waals surface area contributed by atoms with Crippen LogP contribution in [0.5, 0.6) is 0 Å². The second kappa shape index (κ2) is 5.63. The van der Waals surface area contributed by atoms with Crippen LogP contribution in [0.4, 0.5) is 0 Å². The van der Waals surface area contributed by atoms with E-state index in [9.17, 15) is 13.2 Å². The molecule has 0 spiro atoms. The lowest BCUT2D eigenvalue weighted by Gasteiger charge is -2.13. The molecular weight excluding hydrogens is 228 g/mol. The molecule has 16 heavy (non-hydrogen) atoms. The minimum absolute atomic E-state index is 0.0121. The van der Waals surface area contributed by atoms with E-state index >= 15 is 0 Å². The zero-order chi connectivity index (χ0) is 12.2. The summed E-state index contributed by atoms with van der Waals surface area (Å²) < 4.78 is 22.4. The molecule has 2 unspecified atom stereocenters. The number of carbonyl (C=O) groups is 1. The highest BCUT2D eigenvalue weighted by molar-refractivity contribution is 7.91. The van der Waals surface area contributed by atoms with Gasteiger partial charge in [-0.2, -0.15) is 0 Å². The number of amides is 1. The molecule has 0 aliphatic carbocycles. The van der Waals surface area contributed by atoms with Crippen LogP contribution in [0.25, 0.3) is 0 Å². The van der Waals surface area contributed by atoms with Crippen molar-refractivity contribution in [2.75, 3.05) is 18.1 Å². The van der Waals surface area contributed by atoms with Crippen LogP contribution in [0.3, 0.4) is 0 Å². The zero-order valence-corrected chi connectivity index (χ0v) is 10.4. The summed E-state index contributed by atoms with van der Waals surface area (Å²) in [6.07, 6.45) is 2.29. The molecule has 0 aromatic carbocycles. The molecule has 0 aromatic heterocycles. The summed E-state index contributed by atoms with van der Waals surface area (Å²) in [5.74, 6) is -0.431. The van der Waals surface area contributed by atoms with Gasteiger partial charge in [-0.1, -0.05) is 13.3 Å². The maximum Gasteiger partial charge on any atom is 0.224 e. The van der Waals surface area contributed by atoms with Crippen LogP contribution < -0.4 is 11.1 Å². The molecule has 1 rings (SSSR count). The van der Waals surface area contributed by atoms with Crippen molar-refractivity contribution in [3.05, 3.63) is 0 Å². The zero-order valence-electron chi connectivity index (χ0n) is 9.61. The van der Waals surface area contributed by atoms with E-state index in [-0.39, 0.29) is 29.4 Å². The van der Waals surface area contributed by atoms with Crippen molar-refractivity contribution < 1.29 is 13.2 Å². The number of sulfone groups is 1. The SMILES string of the molecule is CCCC(N)CNC(=O)C1CCS(=O)(=O)C1. The first kappa shape index (κ1) is 13.4. The first-order valence-electron chi connectivity index (χ1n) is 5.68. The minimum atomic E-state index is -2.98. The van der Waals surface area contributed by atoms with Crippen LogP contribution in [-0.2, 0) is 14.6 Å². The van der Waals surface area contributed by atoms with Gasteiger partial charge in [0, 0.05) is 12.6 Å². The maximum absolute atomic E-state index is 11.6. The molecule has 1 amide bonds. The second-order valence-corrected chi connectivity index (χ2v) is 6.62. The third-order valence-corrected chi connectivity index (χ3v) is 4.57. The summed E-state index contributed by atoms with van der Waals surface area (Å²) in [7, 11) is -2.98. The number of hydrogen-bond acceptors (Lipinski definition) is 4. The molecule has 0 saturated carbocycles. The summed E-state index contributed by atoms with van der Waals surface area (Å²) in [5.41, 5.74) is 5.75. The summed E-state index contributed by atoms with van der Waals surface area (Å²) in [6.45, 7) is 2.47. The van der Waals surface area contributed by atoms with Crippen molar-refractivity contribution in [1.29, 1.82) is 0 Å². The van der Waals surface area contributed by atoms with Crippen molar-refractivity contribution in [3.63, 3.8) is 0 Å². The maximum atomic E-state index is 11.6. The van der Waals surface area contributed by atoms with Crippen molar-refractivity contribution >= 4 is 15.7 Å². The molecule has 3 N–H and O–H groups in total. The van der Waals surface area contributed by atoms with Gasteiger partial charge in [0.15, 0.2) is 9.84 Å². The van der Waals surface area contributed by atoms with Crippen molar-refractivity contribution in [2.45, 2.75) is 32.2 Å². The van der Waals surface area contributed by atoms with Crippen LogP contribution in [0, 0.1) is 5.92 Å². The number of rotatable bonds is 5. The van der Waals surface area contributed by atoms with Crippen LogP contribution >= 0.6 is 0 Å². The van der Waals surface area contributed by atoms with E-state index in [1.807, 2.05) is 6.92 Å². The average Bonchev–Trinajstić information content (AvgIpc) is 2.56. The first-order valence-corrected chi connectivity index (χ1v) is 7.50. The fraction of sp³-hybridized carbons (Fsp3) is 0.900. The Morgan fingerprint density at radius 2 is 2.25 bits per heavy atom. The van der Waals surface area contributed by atoms with Gasteiger partial charge in [-0.15, -0.1) is 0 Å². The minimum Gasteiger partial charge on any atom is -0.354 e. The van der Waals surface area contributed by atoms with Gasteiger partial charge in [-0.25, -0.2) is 8.42 Å². The van der Waals surface area contributed by atoms with Gasteiger partial charge in [0.05, 0.1) is 17.4 Å². The molecule has 2 atom stereocenters. The Hall–Kier alpha value is -0.620. The predicted octanol–water partition coefficient (Wildman–Crippen LogP) is -0.335. The van der Waals surface area contributed by atoms with E-state index in [0.29, 0.717) is 13.0 Å². The molecule has 6 heteroatoms. The molecule has 1 aliphatic rings. The van der Waals surface area contributed by atoms with Crippen molar-refractivity contribution in [1.82, 2.24) is 5.32 Å². The number of nitrogens with two attached hydrogens (primary N) is 1. The molecule has 1 saturated heterocycles. The average molecular weight is 248 g/mol. The first-order chi connectivity index (χ1) is 7.44. The van der Waals surface area contributed by atoms with E-state index in [0.717, 1.165) is 12.8 Å². The van der Waals surface area contributed by atoms with Gasteiger partial charge in [0.2, 0.25) is 5.91 Å². The van der Waals surface area contributed by atoms with E-state index in [1.165, 1.54) is 0 Å². The highest BCUT2D eigenvalue weighted by atomic mass is 32.2. The summed E-state index contributed by atoms with van der Waals surface area (Å²) in [4.78, 5) is 11.6. The van der Waals surface area contributed by atoms with Gasteiger partial charge in [0.1, 0.15) is 0 Å². The highest BCUT2D eigenvalue weighted by Crippen LogP contribution is 2.18. The lowest BCUT2D eigenvalue weighted by molar-refractivity contribution is -0.124. The fourth-order valence-corrected chi connectivity index (χ4v) is 3.59. The Labute approximate surface area is 96.7 Å². The van der Waals surface area contributed by atoms with E-state index in [2.05, 4.69) is 5.32 Å². The third-order valence-electron chi connectivity index (χ3n) is 2.80. The molecule has 1 aliphatic heterocycles. The standard InChI is InChI=1S/C10H20N2O3S/c1-2-3-9(11)6-12-10(13)8-4-5-16(14,15)7-8/h8-9H,2-7,11H2,1H3,(H,12,13). The van der Waals surface area contributed by atoms with Gasteiger partial charge >= 0.3 is 0 Å². The molecule has 94 valence electrons. The molecule has 0 bridgehead atoms. The Kier molecular flexibility index (Phi) is 4.73. The topological polar surface area (TPSA) is 89.3 Å². The molecule has 5 nitrogen and oxygen atoms in total. The summed E-state index contributed by atoms with van der Waals surface area (Å²) >= 11 is 0. The van der Waals surface area contributed by atoms with E-state index < -0.39 is 9.84 Å². The second-order valence-electron chi connectivity index (χ2n) is 4.39. The van der Waals surface area contributed by atoms with E-state index in [1.54, 1.807) is 0 Å². The van der Waals surface area contributed by atoms with Gasteiger partial charge in [-0.05, 0) is 12.8 Å². The largest absolute Gasteiger partial charge is 0.354 e. The molecule has 0 radical (unpaired) electrons. The fourth-order valence-electron chi connectivity index (χ4n) is 1.85. The van der Waals surface area contributed by atoms with Crippen LogP contribution in [-0.4, -0.2) is 38.4 Å². The highest BCUT2D eigenvalue weighted by Gasteiger charge is 2.32.